The monoisotopic (exact) mass is 313 g/mol. The minimum absolute atomic E-state index is 0.170. The standard InChI is InChI=1S/C17H19N3O3/c1-20(2)16-13(6-4-8-18-16)17(21)19-11-12-5-3-7-14-15(12)23-10-9-22-14/h3-8H,9-11H2,1-2H3,(H,19,21). The summed E-state index contributed by atoms with van der Waals surface area (Å²) in [4.78, 5) is 18.5. The van der Waals surface area contributed by atoms with Crippen LogP contribution >= 0.6 is 0 Å². The van der Waals surface area contributed by atoms with E-state index in [4.69, 9.17) is 9.47 Å². The smallest absolute Gasteiger partial charge is 0.255 e. The summed E-state index contributed by atoms with van der Waals surface area (Å²) < 4.78 is 11.2. The van der Waals surface area contributed by atoms with Gasteiger partial charge in [0.25, 0.3) is 5.91 Å². The van der Waals surface area contributed by atoms with Crippen molar-refractivity contribution in [2.24, 2.45) is 0 Å². The van der Waals surface area contributed by atoms with Crippen molar-refractivity contribution in [1.82, 2.24) is 10.3 Å². The topological polar surface area (TPSA) is 63.7 Å². The number of carbonyl (C=O) groups is 1. The summed E-state index contributed by atoms with van der Waals surface area (Å²) >= 11 is 0. The molecule has 0 atom stereocenters. The zero-order chi connectivity index (χ0) is 16.2. The molecule has 0 saturated carbocycles. The van der Waals surface area contributed by atoms with Crippen LogP contribution in [0.15, 0.2) is 36.5 Å². The van der Waals surface area contributed by atoms with E-state index in [0.717, 1.165) is 11.3 Å². The highest BCUT2D eigenvalue weighted by Crippen LogP contribution is 2.33. The molecule has 0 unspecified atom stereocenters. The Morgan fingerprint density at radius 1 is 1.22 bits per heavy atom. The Bertz CT molecular complexity index is 716. The maximum atomic E-state index is 12.5. The zero-order valence-electron chi connectivity index (χ0n) is 13.2. The van der Waals surface area contributed by atoms with Crippen LogP contribution in [0.1, 0.15) is 15.9 Å². The van der Waals surface area contributed by atoms with E-state index in [2.05, 4.69) is 10.3 Å². The number of hydrogen-bond acceptors (Lipinski definition) is 5. The highest BCUT2D eigenvalue weighted by molar-refractivity contribution is 5.98. The molecule has 1 aliphatic heterocycles. The first-order valence-corrected chi connectivity index (χ1v) is 7.45. The van der Waals surface area contributed by atoms with Crippen molar-refractivity contribution in [2.45, 2.75) is 6.54 Å². The summed E-state index contributed by atoms with van der Waals surface area (Å²) in [7, 11) is 3.72. The molecule has 0 aliphatic carbocycles. The summed E-state index contributed by atoms with van der Waals surface area (Å²) in [6.45, 7) is 1.43. The Labute approximate surface area is 135 Å². The van der Waals surface area contributed by atoms with Crippen LogP contribution in [0.4, 0.5) is 5.82 Å². The number of carbonyl (C=O) groups excluding carboxylic acids is 1. The lowest BCUT2D eigenvalue weighted by Crippen LogP contribution is -2.26. The van der Waals surface area contributed by atoms with Gasteiger partial charge in [0.05, 0.1) is 5.56 Å². The third kappa shape index (κ3) is 3.21. The number of pyridine rings is 1. The van der Waals surface area contributed by atoms with E-state index in [0.29, 0.717) is 36.9 Å². The van der Waals surface area contributed by atoms with Crippen molar-refractivity contribution in [3.05, 3.63) is 47.7 Å². The number of ether oxygens (including phenoxy) is 2. The molecule has 23 heavy (non-hydrogen) atoms. The van der Waals surface area contributed by atoms with E-state index in [9.17, 15) is 4.79 Å². The molecule has 1 aliphatic rings. The van der Waals surface area contributed by atoms with Crippen molar-refractivity contribution in [3.8, 4) is 11.5 Å². The molecule has 6 nitrogen and oxygen atoms in total. The van der Waals surface area contributed by atoms with E-state index in [1.165, 1.54) is 0 Å². The molecule has 0 spiro atoms. The second-order valence-corrected chi connectivity index (χ2v) is 5.39. The number of anilines is 1. The first kappa shape index (κ1) is 15.1. The van der Waals surface area contributed by atoms with Crippen molar-refractivity contribution in [2.75, 3.05) is 32.2 Å². The molecule has 3 rings (SSSR count). The van der Waals surface area contributed by atoms with Crippen molar-refractivity contribution in [1.29, 1.82) is 0 Å². The van der Waals surface area contributed by atoms with E-state index in [1.807, 2.05) is 37.2 Å². The average Bonchev–Trinajstić information content (AvgIpc) is 2.59. The van der Waals surface area contributed by atoms with E-state index in [1.54, 1.807) is 18.3 Å². The summed E-state index contributed by atoms with van der Waals surface area (Å²) in [5, 5.41) is 2.92. The van der Waals surface area contributed by atoms with Gasteiger partial charge >= 0.3 is 0 Å². The second kappa shape index (κ2) is 6.56. The van der Waals surface area contributed by atoms with Crippen LogP contribution in [-0.4, -0.2) is 38.2 Å². The van der Waals surface area contributed by atoms with Crippen LogP contribution in [0.25, 0.3) is 0 Å². The molecule has 0 radical (unpaired) electrons. The Morgan fingerprint density at radius 3 is 2.87 bits per heavy atom. The van der Waals surface area contributed by atoms with Gasteiger partial charge in [-0.25, -0.2) is 4.98 Å². The van der Waals surface area contributed by atoms with Gasteiger partial charge in [-0.05, 0) is 18.2 Å². The number of amides is 1. The molecule has 2 heterocycles. The average molecular weight is 313 g/mol. The van der Waals surface area contributed by atoms with Crippen LogP contribution in [0.3, 0.4) is 0 Å². The molecule has 1 aromatic heterocycles. The summed E-state index contributed by atoms with van der Waals surface area (Å²) in [5.74, 6) is 1.90. The summed E-state index contributed by atoms with van der Waals surface area (Å²) in [6.07, 6.45) is 1.67. The lowest BCUT2D eigenvalue weighted by molar-refractivity contribution is 0.0950. The number of aromatic nitrogens is 1. The molecule has 0 bridgehead atoms. The van der Waals surface area contributed by atoms with Crippen LogP contribution < -0.4 is 19.7 Å². The molecular weight excluding hydrogens is 294 g/mol. The number of benzene rings is 1. The highest BCUT2D eigenvalue weighted by atomic mass is 16.6. The summed E-state index contributed by atoms with van der Waals surface area (Å²) in [5.41, 5.74) is 1.44. The van der Waals surface area contributed by atoms with Gasteiger partial charge in [0, 0.05) is 32.4 Å². The van der Waals surface area contributed by atoms with Gasteiger partial charge in [-0.2, -0.15) is 0 Å². The third-order valence-corrected chi connectivity index (χ3v) is 3.54. The Morgan fingerprint density at radius 2 is 2.04 bits per heavy atom. The fourth-order valence-electron chi connectivity index (χ4n) is 2.47. The molecule has 0 saturated heterocycles. The van der Waals surface area contributed by atoms with Gasteiger partial charge in [-0.15, -0.1) is 0 Å². The zero-order valence-corrected chi connectivity index (χ0v) is 13.2. The van der Waals surface area contributed by atoms with Gasteiger partial charge in [0.2, 0.25) is 0 Å². The molecule has 120 valence electrons. The quantitative estimate of drug-likeness (QED) is 0.933. The number of nitrogens with one attached hydrogen (secondary N) is 1. The number of para-hydroxylation sites is 1. The number of nitrogens with zero attached hydrogens (tertiary/aromatic N) is 2. The van der Waals surface area contributed by atoms with E-state index >= 15 is 0 Å². The maximum Gasteiger partial charge on any atom is 0.255 e. The van der Waals surface area contributed by atoms with E-state index < -0.39 is 0 Å². The van der Waals surface area contributed by atoms with Crippen molar-refractivity contribution >= 4 is 11.7 Å². The van der Waals surface area contributed by atoms with Crippen LogP contribution in [0.2, 0.25) is 0 Å². The van der Waals surface area contributed by atoms with Gasteiger partial charge in [-0.3, -0.25) is 4.79 Å². The molecule has 1 N–H and O–H groups in total. The summed E-state index contributed by atoms with van der Waals surface area (Å²) in [6, 6.07) is 9.19. The Kier molecular flexibility index (Phi) is 4.32. The molecule has 6 heteroatoms. The van der Waals surface area contributed by atoms with Crippen LogP contribution in [0, 0.1) is 0 Å². The van der Waals surface area contributed by atoms with E-state index in [-0.39, 0.29) is 5.91 Å². The maximum absolute atomic E-state index is 12.5. The molecule has 2 aromatic rings. The van der Waals surface area contributed by atoms with Crippen LogP contribution in [-0.2, 0) is 6.54 Å². The lowest BCUT2D eigenvalue weighted by atomic mass is 10.1. The third-order valence-electron chi connectivity index (χ3n) is 3.54. The molecule has 0 fully saturated rings. The normalized spacial score (nSPS) is 12.6. The fraction of sp³-hybridized carbons (Fsp3) is 0.294. The number of fused-ring (bicyclic) bond motifs is 1. The minimum Gasteiger partial charge on any atom is -0.486 e. The van der Waals surface area contributed by atoms with Gasteiger partial charge in [0.15, 0.2) is 11.5 Å². The molecule has 1 amide bonds. The number of rotatable bonds is 4. The predicted molar refractivity (Wildman–Crippen MR) is 87.2 cm³/mol. The first-order chi connectivity index (χ1) is 11.2. The van der Waals surface area contributed by atoms with Crippen molar-refractivity contribution in [3.63, 3.8) is 0 Å². The second-order valence-electron chi connectivity index (χ2n) is 5.39. The molecular formula is C17H19N3O3. The Balaban J connectivity index is 1.76. The van der Waals surface area contributed by atoms with Gasteiger partial charge in [0.1, 0.15) is 19.0 Å². The first-order valence-electron chi connectivity index (χ1n) is 7.45. The molecule has 1 aromatic carbocycles. The highest BCUT2D eigenvalue weighted by Gasteiger charge is 2.17. The largest absolute Gasteiger partial charge is 0.486 e. The SMILES string of the molecule is CN(C)c1ncccc1C(=O)NCc1cccc2c1OCCO2. The Hall–Kier alpha value is -2.76. The number of hydrogen-bond donors (Lipinski definition) is 1. The fourth-order valence-corrected chi connectivity index (χ4v) is 2.47. The minimum atomic E-state index is -0.170. The van der Waals surface area contributed by atoms with Crippen LogP contribution in [0.5, 0.6) is 11.5 Å². The lowest BCUT2D eigenvalue weighted by Gasteiger charge is -2.21. The van der Waals surface area contributed by atoms with Gasteiger partial charge < -0.3 is 19.7 Å². The van der Waals surface area contributed by atoms with Gasteiger partial charge in [-0.1, -0.05) is 12.1 Å². The van der Waals surface area contributed by atoms with Crippen molar-refractivity contribution < 1.29 is 14.3 Å². The predicted octanol–water partition coefficient (Wildman–Crippen LogP) is 1.85.